The molecule has 4 heteroatoms. The quantitative estimate of drug-likeness (QED) is 0.917. The Kier molecular flexibility index (Phi) is 4.51. The van der Waals surface area contributed by atoms with Crippen LogP contribution < -0.4 is 0 Å². The Bertz CT molecular complexity index is 759. The zero-order chi connectivity index (χ0) is 18.1. The van der Waals surface area contributed by atoms with Crippen molar-refractivity contribution in [2.75, 3.05) is 0 Å². The molecule has 2 aromatic rings. The Hall–Kier alpha value is -2.59. The van der Waals surface area contributed by atoms with Crippen LogP contribution in [0, 0.1) is 5.92 Å². The van der Waals surface area contributed by atoms with Crippen molar-refractivity contribution < 1.29 is 14.6 Å². The second kappa shape index (κ2) is 6.96. The van der Waals surface area contributed by atoms with Crippen molar-refractivity contribution in [2.45, 2.75) is 38.0 Å². The fourth-order valence-electron chi connectivity index (χ4n) is 3.42. The van der Waals surface area contributed by atoms with Gasteiger partial charge in [0.1, 0.15) is 11.9 Å². The lowest BCUT2D eigenvalue weighted by atomic mass is 9.96. The van der Waals surface area contributed by atoms with Crippen LogP contribution in [-0.2, 0) is 9.53 Å². The van der Waals surface area contributed by atoms with Crippen LogP contribution in [0.4, 0.5) is 0 Å². The number of aliphatic hydroxyl groups is 1. The van der Waals surface area contributed by atoms with Crippen molar-refractivity contribution in [1.82, 2.24) is 4.90 Å². The molecular formula is C22H23NO3. The van der Waals surface area contributed by atoms with E-state index >= 15 is 0 Å². The van der Waals surface area contributed by atoms with Crippen molar-refractivity contribution in [3.63, 3.8) is 0 Å². The highest BCUT2D eigenvalue weighted by atomic mass is 16.5. The number of amides is 1. The molecule has 1 heterocycles. The van der Waals surface area contributed by atoms with Crippen LogP contribution >= 0.6 is 0 Å². The van der Waals surface area contributed by atoms with E-state index in [1.165, 1.54) is 0 Å². The first-order valence-electron chi connectivity index (χ1n) is 9.13. The summed E-state index contributed by atoms with van der Waals surface area (Å²) in [6, 6.07) is 19.5. The van der Waals surface area contributed by atoms with Gasteiger partial charge in [0.15, 0.2) is 6.10 Å². The van der Waals surface area contributed by atoms with Gasteiger partial charge < -0.3 is 14.7 Å². The molecule has 0 saturated heterocycles. The van der Waals surface area contributed by atoms with Gasteiger partial charge in [0.05, 0.1) is 6.04 Å². The van der Waals surface area contributed by atoms with Crippen LogP contribution in [0.5, 0.6) is 0 Å². The van der Waals surface area contributed by atoms with E-state index in [2.05, 4.69) is 0 Å². The van der Waals surface area contributed by atoms with Crippen molar-refractivity contribution in [1.29, 1.82) is 0 Å². The Balaban J connectivity index is 1.82. The van der Waals surface area contributed by atoms with Gasteiger partial charge in [-0.05, 0) is 30.9 Å². The number of nitrogens with zero attached hydrogens (tertiary/aromatic N) is 1. The van der Waals surface area contributed by atoms with Gasteiger partial charge in [-0.15, -0.1) is 0 Å². The predicted molar refractivity (Wildman–Crippen MR) is 98.9 cm³/mol. The third-order valence-corrected chi connectivity index (χ3v) is 5.03. The highest BCUT2D eigenvalue weighted by Gasteiger charge is 2.40. The van der Waals surface area contributed by atoms with Crippen LogP contribution in [0.25, 0.3) is 0 Å². The molecule has 0 bridgehead atoms. The van der Waals surface area contributed by atoms with Crippen LogP contribution in [0.15, 0.2) is 72.6 Å². The van der Waals surface area contributed by atoms with Gasteiger partial charge in [-0.25, -0.2) is 0 Å². The zero-order valence-corrected chi connectivity index (χ0v) is 14.8. The number of ether oxygens (including phenoxy) is 1. The van der Waals surface area contributed by atoms with E-state index in [9.17, 15) is 9.90 Å². The lowest BCUT2D eigenvalue weighted by Gasteiger charge is -2.30. The number of rotatable bonds is 4. The number of hydrogen-bond acceptors (Lipinski definition) is 3. The summed E-state index contributed by atoms with van der Waals surface area (Å²) in [7, 11) is 0. The van der Waals surface area contributed by atoms with Gasteiger partial charge in [0.25, 0.3) is 5.91 Å². The summed E-state index contributed by atoms with van der Waals surface area (Å²) < 4.78 is 5.92. The van der Waals surface area contributed by atoms with E-state index < -0.39 is 12.2 Å². The van der Waals surface area contributed by atoms with Crippen LogP contribution in [-0.4, -0.2) is 28.1 Å². The minimum Gasteiger partial charge on any atom is -0.490 e. The van der Waals surface area contributed by atoms with Gasteiger partial charge >= 0.3 is 0 Å². The zero-order valence-electron chi connectivity index (χ0n) is 14.8. The van der Waals surface area contributed by atoms with Gasteiger partial charge in [-0.1, -0.05) is 60.7 Å². The van der Waals surface area contributed by atoms with Crippen molar-refractivity contribution in [3.05, 3.63) is 83.7 Å². The second-order valence-electron chi connectivity index (χ2n) is 7.04. The Morgan fingerprint density at radius 2 is 1.54 bits per heavy atom. The Morgan fingerprint density at radius 1 is 1.00 bits per heavy atom. The third kappa shape index (κ3) is 3.25. The molecule has 0 radical (unpaired) electrons. The third-order valence-electron chi connectivity index (χ3n) is 5.03. The molecule has 26 heavy (non-hydrogen) atoms. The maximum absolute atomic E-state index is 13.1. The largest absolute Gasteiger partial charge is 0.490 e. The first kappa shape index (κ1) is 16.9. The molecular weight excluding hydrogens is 326 g/mol. The highest BCUT2D eigenvalue weighted by Crippen LogP contribution is 2.41. The molecule has 134 valence electrons. The first-order chi connectivity index (χ1) is 12.6. The highest BCUT2D eigenvalue weighted by molar-refractivity contribution is 5.83. The summed E-state index contributed by atoms with van der Waals surface area (Å²) in [5, 5.41) is 10.5. The summed E-state index contributed by atoms with van der Waals surface area (Å²) in [5.74, 6) is 0.829. The summed E-state index contributed by atoms with van der Waals surface area (Å²) >= 11 is 0. The van der Waals surface area contributed by atoms with Gasteiger partial charge in [0, 0.05) is 12.1 Å². The van der Waals surface area contributed by atoms with Gasteiger partial charge in [-0.2, -0.15) is 0 Å². The molecule has 2 atom stereocenters. The minimum atomic E-state index is -1.18. The number of carbonyl (C=O) groups is 1. The van der Waals surface area contributed by atoms with E-state index in [-0.39, 0.29) is 11.9 Å². The normalized spacial score (nSPS) is 23.4. The molecule has 1 amide bonds. The standard InChI is InChI=1S/C22H23NO3/c1-15-21(24)22(25)23(14-19(26-15)16-12-13-16)20(17-8-4-2-5-9-17)18-10-6-3-7-11-18/h2-11,14-16,20-21,24H,12-13H2,1H3/t15-,21+/m0/s1. The topological polar surface area (TPSA) is 49.8 Å². The van der Waals surface area contributed by atoms with E-state index in [4.69, 9.17) is 4.74 Å². The predicted octanol–water partition coefficient (Wildman–Crippen LogP) is 3.64. The number of carbonyl (C=O) groups excluding carboxylic acids is 1. The first-order valence-corrected chi connectivity index (χ1v) is 9.13. The minimum absolute atomic E-state index is 0.304. The Morgan fingerprint density at radius 3 is 2.04 bits per heavy atom. The molecule has 0 aromatic heterocycles. The molecule has 2 aliphatic rings. The number of allylic oxidation sites excluding steroid dienone is 1. The molecule has 4 rings (SSSR count). The van der Waals surface area contributed by atoms with E-state index in [0.717, 1.165) is 29.7 Å². The molecule has 1 aliphatic heterocycles. The van der Waals surface area contributed by atoms with Crippen molar-refractivity contribution in [2.24, 2.45) is 5.92 Å². The molecule has 0 unspecified atom stereocenters. The average molecular weight is 349 g/mol. The second-order valence-corrected chi connectivity index (χ2v) is 7.04. The van der Waals surface area contributed by atoms with E-state index in [1.807, 2.05) is 66.9 Å². The average Bonchev–Trinajstić information content (AvgIpc) is 3.52. The molecule has 2 aromatic carbocycles. The fourth-order valence-corrected chi connectivity index (χ4v) is 3.42. The molecule has 0 spiro atoms. The molecule has 1 aliphatic carbocycles. The summed E-state index contributed by atoms with van der Waals surface area (Å²) in [6.45, 7) is 1.75. The maximum Gasteiger partial charge on any atom is 0.260 e. The van der Waals surface area contributed by atoms with E-state index in [1.54, 1.807) is 11.8 Å². The molecule has 1 saturated carbocycles. The number of benzene rings is 2. The van der Waals surface area contributed by atoms with Crippen LogP contribution in [0.2, 0.25) is 0 Å². The number of hydrogen-bond donors (Lipinski definition) is 1. The summed E-state index contributed by atoms with van der Waals surface area (Å²) in [4.78, 5) is 14.7. The van der Waals surface area contributed by atoms with Crippen molar-refractivity contribution >= 4 is 5.91 Å². The molecule has 1 N–H and O–H groups in total. The molecule has 4 nitrogen and oxygen atoms in total. The maximum atomic E-state index is 13.1. The van der Waals surface area contributed by atoms with E-state index in [0.29, 0.717) is 5.92 Å². The molecule has 1 fully saturated rings. The van der Waals surface area contributed by atoms with Crippen molar-refractivity contribution in [3.8, 4) is 0 Å². The van der Waals surface area contributed by atoms with Crippen LogP contribution in [0.3, 0.4) is 0 Å². The SMILES string of the molecule is C[C@@H]1OC(C2CC2)=CN(C(c2ccccc2)c2ccccc2)C(=O)[C@@H]1O. The lowest BCUT2D eigenvalue weighted by Crippen LogP contribution is -2.42. The lowest BCUT2D eigenvalue weighted by molar-refractivity contribution is -0.142. The number of aliphatic hydroxyl groups excluding tert-OH is 1. The summed E-state index contributed by atoms with van der Waals surface area (Å²) in [6.07, 6.45) is 2.22. The monoisotopic (exact) mass is 349 g/mol. The Labute approximate surface area is 153 Å². The van der Waals surface area contributed by atoms with Crippen LogP contribution in [0.1, 0.15) is 36.9 Å². The summed E-state index contributed by atoms with van der Waals surface area (Å²) in [5.41, 5.74) is 2.00. The smallest absolute Gasteiger partial charge is 0.260 e. The van der Waals surface area contributed by atoms with Gasteiger partial charge in [0.2, 0.25) is 0 Å². The fraction of sp³-hybridized carbons (Fsp3) is 0.318. The van der Waals surface area contributed by atoms with Gasteiger partial charge in [-0.3, -0.25) is 4.79 Å².